The number of nitrogens with zero attached hydrogens (tertiary/aromatic N) is 3. The number of methoxy groups -OCH3 is 1. The van der Waals surface area contributed by atoms with E-state index < -0.39 is 0 Å². The van der Waals surface area contributed by atoms with Crippen molar-refractivity contribution in [1.29, 1.82) is 0 Å². The molecular formula is C16H22N4O. The lowest BCUT2D eigenvalue weighted by molar-refractivity contribution is 0.199. The molecule has 3 rings (SSSR count). The number of pyridine rings is 1. The molecule has 0 saturated heterocycles. The first-order chi connectivity index (χ1) is 10.4. The molecule has 0 bridgehead atoms. The molecular weight excluding hydrogens is 264 g/mol. The van der Waals surface area contributed by atoms with Gasteiger partial charge in [0.2, 0.25) is 0 Å². The van der Waals surface area contributed by atoms with Crippen molar-refractivity contribution in [2.24, 2.45) is 0 Å². The molecule has 2 aromatic heterocycles. The molecule has 0 unspecified atom stereocenters. The summed E-state index contributed by atoms with van der Waals surface area (Å²) in [7, 11) is 1.71. The smallest absolute Gasteiger partial charge is 0.138 e. The molecule has 1 N–H and O–H groups in total. The molecule has 0 saturated carbocycles. The van der Waals surface area contributed by atoms with Crippen LogP contribution in [0.1, 0.15) is 29.8 Å². The Balaban J connectivity index is 1.68. The third kappa shape index (κ3) is 3.31. The zero-order valence-electron chi connectivity index (χ0n) is 12.5. The third-order valence-corrected chi connectivity index (χ3v) is 3.90. The van der Waals surface area contributed by atoms with Crippen molar-refractivity contribution in [3.8, 4) is 5.82 Å². The number of aromatic nitrogens is 3. The number of nitrogens with one attached hydrogen (secondary N) is 1. The van der Waals surface area contributed by atoms with Crippen molar-refractivity contribution in [3.63, 3.8) is 0 Å². The van der Waals surface area contributed by atoms with E-state index >= 15 is 0 Å². The molecule has 0 amide bonds. The fourth-order valence-corrected chi connectivity index (χ4v) is 2.74. The molecule has 0 radical (unpaired) electrons. The van der Waals surface area contributed by atoms with Gasteiger partial charge >= 0.3 is 0 Å². The number of hydrogen-bond donors (Lipinski definition) is 1. The molecule has 0 aromatic carbocycles. The maximum Gasteiger partial charge on any atom is 0.138 e. The molecule has 0 fully saturated rings. The Labute approximate surface area is 125 Å². The van der Waals surface area contributed by atoms with Gasteiger partial charge in [0.15, 0.2) is 0 Å². The summed E-state index contributed by atoms with van der Waals surface area (Å²) in [5.74, 6) is 0.964. The van der Waals surface area contributed by atoms with E-state index in [1.807, 2.05) is 12.5 Å². The molecule has 2 aromatic rings. The van der Waals surface area contributed by atoms with E-state index in [1.165, 1.54) is 29.8 Å². The monoisotopic (exact) mass is 286 g/mol. The van der Waals surface area contributed by atoms with E-state index in [1.54, 1.807) is 7.11 Å². The molecule has 0 atom stereocenters. The number of rotatable bonds is 6. The first-order valence-electron chi connectivity index (χ1n) is 7.58. The topological polar surface area (TPSA) is 52.0 Å². The van der Waals surface area contributed by atoms with Gasteiger partial charge in [-0.3, -0.25) is 4.57 Å². The Morgan fingerprint density at radius 3 is 2.95 bits per heavy atom. The summed E-state index contributed by atoms with van der Waals surface area (Å²) in [4.78, 5) is 9.10. The van der Waals surface area contributed by atoms with Crippen molar-refractivity contribution in [3.05, 3.63) is 41.6 Å². The van der Waals surface area contributed by atoms with Gasteiger partial charge in [0.25, 0.3) is 0 Å². The van der Waals surface area contributed by atoms with E-state index in [2.05, 4.69) is 32.0 Å². The average Bonchev–Trinajstić information content (AvgIpc) is 2.96. The molecule has 112 valence electrons. The molecule has 5 nitrogen and oxygen atoms in total. The van der Waals surface area contributed by atoms with Gasteiger partial charge < -0.3 is 10.1 Å². The van der Waals surface area contributed by atoms with Crippen molar-refractivity contribution >= 4 is 0 Å². The Morgan fingerprint density at radius 1 is 1.24 bits per heavy atom. The lowest BCUT2D eigenvalue weighted by Crippen LogP contribution is -2.18. The minimum atomic E-state index is 0.729. The zero-order valence-corrected chi connectivity index (χ0v) is 12.5. The predicted molar refractivity (Wildman–Crippen MR) is 81.6 cm³/mol. The minimum absolute atomic E-state index is 0.729. The summed E-state index contributed by atoms with van der Waals surface area (Å²) in [6, 6.07) is 4.20. The van der Waals surface area contributed by atoms with Crippen LogP contribution in [0.4, 0.5) is 0 Å². The number of imidazole rings is 1. The summed E-state index contributed by atoms with van der Waals surface area (Å²) in [5, 5.41) is 3.32. The van der Waals surface area contributed by atoms with Gasteiger partial charge in [0, 0.05) is 32.1 Å². The summed E-state index contributed by atoms with van der Waals surface area (Å²) in [5.41, 5.74) is 3.76. The lowest BCUT2D eigenvalue weighted by Gasteiger charge is -2.13. The maximum atomic E-state index is 5.01. The Hall–Kier alpha value is -1.72. The van der Waals surface area contributed by atoms with Crippen LogP contribution in [0.3, 0.4) is 0 Å². The Morgan fingerprint density at radius 2 is 2.14 bits per heavy atom. The van der Waals surface area contributed by atoms with Crippen LogP contribution in [0.2, 0.25) is 0 Å². The van der Waals surface area contributed by atoms with Gasteiger partial charge in [0.05, 0.1) is 12.3 Å². The van der Waals surface area contributed by atoms with Gasteiger partial charge in [-0.15, -0.1) is 0 Å². The summed E-state index contributed by atoms with van der Waals surface area (Å²) in [6.07, 6.45) is 8.56. The summed E-state index contributed by atoms with van der Waals surface area (Å²) < 4.78 is 7.15. The largest absolute Gasteiger partial charge is 0.383 e. The van der Waals surface area contributed by atoms with Crippen LogP contribution in [-0.2, 0) is 24.1 Å². The molecule has 2 heterocycles. The quantitative estimate of drug-likeness (QED) is 0.824. The van der Waals surface area contributed by atoms with Gasteiger partial charge in [-0.05, 0) is 37.3 Å². The second-order valence-corrected chi connectivity index (χ2v) is 5.41. The lowest BCUT2D eigenvalue weighted by atomic mass is 10.0. The highest BCUT2D eigenvalue weighted by molar-refractivity contribution is 5.31. The van der Waals surface area contributed by atoms with E-state index in [0.717, 1.165) is 38.4 Å². The third-order valence-electron chi connectivity index (χ3n) is 3.90. The van der Waals surface area contributed by atoms with E-state index in [4.69, 9.17) is 4.74 Å². The number of fused-ring (bicyclic) bond motifs is 1. The number of aryl methyl sites for hydroxylation is 1. The van der Waals surface area contributed by atoms with Gasteiger partial charge in [-0.2, -0.15) is 0 Å². The Bertz CT molecular complexity index is 576. The Kier molecular flexibility index (Phi) is 4.62. The van der Waals surface area contributed by atoms with E-state index in [9.17, 15) is 0 Å². The molecule has 0 spiro atoms. The van der Waals surface area contributed by atoms with Crippen LogP contribution in [-0.4, -0.2) is 34.8 Å². The van der Waals surface area contributed by atoms with Crippen molar-refractivity contribution < 1.29 is 4.74 Å². The van der Waals surface area contributed by atoms with Crippen molar-refractivity contribution in [1.82, 2.24) is 19.9 Å². The molecule has 0 aliphatic heterocycles. The first kappa shape index (κ1) is 14.2. The van der Waals surface area contributed by atoms with Crippen LogP contribution in [0.15, 0.2) is 24.7 Å². The van der Waals surface area contributed by atoms with Crippen LogP contribution >= 0.6 is 0 Å². The van der Waals surface area contributed by atoms with Crippen molar-refractivity contribution in [2.45, 2.75) is 32.2 Å². The molecule has 5 heteroatoms. The fraction of sp³-hybridized carbons (Fsp3) is 0.500. The highest BCUT2D eigenvalue weighted by atomic mass is 16.5. The fourth-order valence-electron chi connectivity index (χ4n) is 2.74. The minimum Gasteiger partial charge on any atom is -0.383 e. The van der Waals surface area contributed by atoms with Gasteiger partial charge in [-0.25, -0.2) is 9.97 Å². The SMILES string of the molecule is COCCNCc1ccc(-n2cnc3c2CCCC3)nc1. The number of ether oxygens (including phenoxy) is 1. The van der Waals surface area contributed by atoms with Crippen LogP contribution < -0.4 is 5.32 Å². The molecule has 21 heavy (non-hydrogen) atoms. The highest BCUT2D eigenvalue weighted by Crippen LogP contribution is 2.22. The zero-order chi connectivity index (χ0) is 14.5. The number of hydrogen-bond acceptors (Lipinski definition) is 4. The maximum absolute atomic E-state index is 5.01. The van der Waals surface area contributed by atoms with Crippen LogP contribution in [0, 0.1) is 0 Å². The average molecular weight is 286 g/mol. The second-order valence-electron chi connectivity index (χ2n) is 5.41. The highest BCUT2D eigenvalue weighted by Gasteiger charge is 2.16. The molecule has 1 aliphatic carbocycles. The van der Waals surface area contributed by atoms with Gasteiger partial charge in [-0.1, -0.05) is 6.07 Å². The van der Waals surface area contributed by atoms with Crippen LogP contribution in [0.5, 0.6) is 0 Å². The predicted octanol–water partition coefficient (Wildman–Crippen LogP) is 1.88. The first-order valence-corrected chi connectivity index (χ1v) is 7.58. The summed E-state index contributed by atoms with van der Waals surface area (Å²) >= 11 is 0. The van der Waals surface area contributed by atoms with E-state index in [-0.39, 0.29) is 0 Å². The normalized spacial score (nSPS) is 14.1. The standard InChI is InChI=1S/C16H22N4O/c1-21-9-8-17-10-13-6-7-16(18-11-13)20-12-19-14-4-2-3-5-15(14)20/h6-7,11-12,17H,2-5,8-10H2,1H3. The van der Waals surface area contributed by atoms with Gasteiger partial charge in [0.1, 0.15) is 12.1 Å². The summed E-state index contributed by atoms with van der Waals surface area (Å²) in [6.45, 7) is 2.40. The van der Waals surface area contributed by atoms with E-state index in [0.29, 0.717) is 0 Å². The second kappa shape index (κ2) is 6.83. The van der Waals surface area contributed by atoms with Crippen molar-refractivity contribution in [2.75, 3.05) is 20.3 Å². The molecule has 1 aliphatic rings. The van der Waals surface area contributed by atoms with Crippen LogP contribution in [0.25, 0.3) is 5.82 Å².